The Kier molecular flexibility index (Phi) is 6.39. The molecule has 29 heavy (non-hydrogen) atoms. The molecule has 7 nitrogen and oxygen atoms in total. The van der Waals surface area contributed by atoms with Gasteiger partial charge in [0, 0.05) is 18.8 Å². The zero-order valence-electron chi connectivity index (χ0n) is 16.2. The molecule has 0 saturated carbocycles. The van der Waals surface area contributed by atoms with Crippen LogP contribution in [0.5, 0.6) is 5.75 Å². The first kappa shape index (κ1) is 20.7. The maximum Gasteiger partial charge on any atom is 0.261 e. The Morgan fingerprint density at radius 2 is 1.83 bits per heavy atom. The minimum Gasteiger partial charge on any atom is -0.496 e. The average molecular weight is 413 g/mol. The molecule has 0 bridgehead atoms. The summed E-state index contributed by atoms with van der Waals surface area (Å²) in [6.07, 6.45) is 3.23. The molecule has 0 aromatic heterocycles. The van der Waals surface area contributed by atoms with Gasteiger partial charge >= 0.3 is 0 Å². The van der Waals surface area contributed by atoms with Crippen LogP contribution in [0.4, 0.5) is 5.69 Å². The molecule has 1 saturated heterocycles. The van der Waals surface area contributed by atoms with Crippen molar-refractivity contribution in [2.24, 2.45) is 0 Å². The van der Waals surface area contributed by atoms with Crippen molar-refractivity contribution in [1.82, 2.24) is 4.90 Å². The monoisotopic (exact) mass is 413 g/mol. The van der Waals surface area contributed by atoms with E-state index >= 15 is 0 Å². The Labute approximate surface area is 171 Å². The number of methoxy groups -OCH3 is 1. The summed E-state index contributed by atoms with van der Waals surface area (Å²) >= 11 is 0. The summed E-state index contributed by atoms with van der Waals surface area (Å²) in [5.41, 5.74) is 1.42. The highest BCUT2D eigenvalue weighted by Crippen LogP contribution is 2.26. The van der Waals surface area contributed by atoms with Crippen LogP contribution in [0.1, 0.15) is 35.2 Å². The van der Waals surface area contributed by atoms with E-state index < -0.39 is 10.0 Å². The summed E-state index contributed by atoms with van der Waals surface area (Å²) < 4.78 is 33.5. The summed E-state index contributed by atoms with van der Waals surface area (Å²) in [5.74, 6) is 0.125. The molecular weight excluding hydrogens is 390 g/mol. The van der Waals surface area contributed by atoms with Crippen molar-refractivity contribution >= 4 is 21.6 Å². The molecule has 1 amide bonds. The van der Waals surface area contributed by atoms with Crippen LogP contribution in [-0.4, -0.2) is 39.4 Å². The number of nitrogens with zero attached hydrogens (tertiary/aromatic N) is 2. The standard InChI is InChI=1S/C21H23N3O4S/c1-28-20-10-9-18(15-19(20)21(25)24-13-3-2-4-14-24)29(26,27)23-17-7-5-16(6-8-17)11-12-22/h5-10,15,23H,2-4,11,13-14H2,1H3. The van der Waals surface area contributed by atoms with Crippen LogP contribution in [0.2, 0.25) is 0 Å². The molecule has 1 aliphatic heterocycles. The lowest BCUT2D eigenvalue weighted by Crippen LogP contribution is -2.35. The van der Waals surface area contributed by atoms with E-state index in [-0.39, 0.29) is 22.8 Å². The Morgan fingerprint density at radius 3 is 2.45 bits per heavy atom. The van der Waals surface area contributed by atoms with Gasteiger partial charge in [-0.05, 0) is 55.2 Å². The molecule has 1 aliphatic rings. The molecule has 0 aliphatic carbocycles. The Balaban J connectivity index is 1.87. The zero-order valence-corrected chi connectivity index (χ0v) is 17.0. The van der Waals surface area contributed by atoms with Crippen molar-refractivity contribution in [1.29, 1.82) is 5.26 Å². The Bertz CT molecular complexity index is 1020. The topological polar surface area (TPSA) is 99.5 Å². The van der Waals surface area contributed by atoms with E-state index in [1.54, 1.807) is 29.2 Å². The maximum atomic E-state index is 12.9. The SMILES string of the molecule is COc1ccc(S(=O)(=O)Nc2ccc(CC#N)cc2)cc1C(=O)N1CCCCC1. The molecule has 0 spiro atoms. The first-order valence-corrected chi connectivity index (χ1v) is 10.9. The van der Waals surface area contributed by atoms with Gasteiger partial charge in [0.2, 0.25) is 0 Å². The largest absolute Gasteiger partial charge is 0.496 e. The highest BCUT2D eigenvalue weighted by Gasteiger charge is 2.24. The van der Waals surface area contributed by atoms with Gasteiger partial charge in [-0.15, -0.1) is 0 Å². The van der Waals surface area contributed by atoms with Crippen LogP contribution >= 0.6 is 0 Å². The second-order valence-electron chi connectivity index (χ2n) is 6.85. The lowest BCUT2D eigenvalue weighted by molar-refractivity contribution is 0.0720. The van der Waals surface area contributed by atoms with Crippen LogP contribution in [0, 0.1) is 11.3 Å². The van der Waals surface area contributed by atoms with Gasteiger partial charge in [0.05, 0.1) is 30.1 Å². The number of nitriles is 1. The van der Waals surface area contributed by atoms with E-state index in [1.165, 1.54) is 25.3 Å². The molecule has 8 heteroatoms. The van der Waals surface area contributed by atoms with Gasteiger partial charge in [0.15, 0.2) is 0 Å². The molecule has 3 rings (SSSR count). The summed E-state index contributed by atoms with van der Waals surface area (Å²) in [4.78, 5) is 14.6. The van der Waals surface area contributed by atoms with Gasteiger partial charge < -0.3 is 9.64 Å². The van der Waals surface area contributed by atoms with Gasteiger partial charge in [0.25, 0.3) is 15.9 Å². The van der Waals surface area contributed by atoms with Crippen LogP contribution in [0.25, 0.3) is 0 Å². The third kappa shape index (κ3) is 4.87. The van der Waals surface area contributed by atoms with Crippen molar-refractivity contribution in [3.05, 3.63) is 53.6 Å². The number of anilines is 1. The predicted molar refractivity (Wildman–Crippen MR) is 109 cm³/mol. The third-order valence-electron chi connectivity index (χ3n) is 4.84. The second kappa shape index (κ2) is 8.97. The van der Waals surface area contributed by atoms with Gasteiger partial charge in [-0.25, -0.2) is 8.42 Å². The molecule has 152 valence electrons. The van der Waals surface area contributed by atoms with E-state index in [2.05, 4.69) is 4.72 Å². The van der Waals surface area contributed by atoms with Gasteiger partial charge in [-0.3, -0.25) is 9.52 Å². The lowest BCUT2D eigenvalue weighted by Gasteiger charge is -2.27. The molecule has 1 heterocycles. The Morgan fingerprint density at radius 1 is 1.14 bits per heavy atom. The van der Waals surface area contributed by atoms with E-state index in [0.717, 1.165) is 24.8 Å². The molecule has 2 aromatic rings. The molecule has 1 N–H and O–H groups in total. The quantitative estimate of drug-likeness (QED) is 0.784. The highest BCUT2D eigenvalue weighted by molar-refractivity contribution is 7.92. The van der Waals surface area contributed by atoms with Gasteiger partial charge in [0.1, 0.15) is 5.75 Å². The minimum atomic E-state index is -3.89. The number of benzene rings is 2. The number of hydrogen-bond acceptors (Lipinski definition) is 5. The van der Waals surface area contributed by atoms with Crippen molar-refractivity contribution < 1.29 is 17.9 Å². The predicted octanol–water partition coefficient (Wildman–Crippen LogP) is 3.19. The number of nitrogens with one attached hydrogen (secondary N) is 1. The third-order valence-corrected chi connectivity index (χ3v) is 6.22. The molecule has 2 aromatic carbocycles. The summed E-state index contributed by atoms with van der Waals surface area (Å²) in [5, 5.41) is 8.73. The fraction of sp³-hybridized carbons (Fsp3) is 0.333. The molecular formula is C21H23N3O4S. The maximum absolute atomic E-state index is 12.9. The van der Waals surface area contributed by atoms with Crippen molar-refractivity contribution in [3.63, 3.8) is 0 Å². The van der Waals surface area contributed by atoms with Crippen LogP contribution in [0.3, 0.4) is 0 Å². The van der Waals surface area contributed by atoms with Crippen LogP contribution in [-0.2, 0) is 16.4 Å². The number of piperidine rings is 1. The summed E-state index contributed by atoms with van der Waals surface area (Å²) in [7, 11) is -2.44. The van der Waals surface area contributed by atoms with Crippen LogP contribution < -0.4 is 9.46 Å². The van der Waals surface area contributed by atoms with Gasteiger partial charge in [-0.2, -0.15) is 5.26 Å². The second-order valence-corrected chi connectivity index (χ2v) is 8.53. The van der Waals surface area contributed by atoms with Crippen LogP contribution in [0.15, 0.2) is 47.4 Å². The van der Waals surface area contributed by atoms with E-state index in [9.17, 15) is 13.2 Å². The highest BCUT2D eigenvalue weighted by atomic mass is 32.2. The number of likely N-dealkylation sites (tertiary alicyclic amines) is 1. The van der Waals surface area contributed by atoms with Crippen molar-refractivity contribution in [3.8, 4) is 11.8 Å². The normalized spacial score (nSPS) is 14.1. The average Bonchev–Trinajstić information content (AvgIpc) is 2.74. The molecule has 0 atom stereocenters. The first-order chi connectivity index (χ1) is 13.9. The minimum absolute atomic E-state index is 0.0141. The Hall–Kier alpha value is -3.05. The van der Waals surface area contributed by atoms with Crippen molar-refractivity contribution in [2.75, 3.05) is 24.9 Å². The smallest absolute Gasteiger partial charge is 0.261 e. The number of sulfonamides is 1. The first-order valence-electron chi connectivity index (χ1n) is 9.40. The fourth-order valence-electron chi connectivity index (χ4n) is 3.28. The van der Waals surface area contributed by atoms with E-state index in [1.807, 2.05) is 6.07 Å². The van der Waals surface area contributed by atoms with E-state index in [4.69, 9.17) is 10.00 Å². The number of amides is 1. The summed E-state index contributed by atoms with van der Waals surface area (Å²) in [6, 6.07) is 12.9. The van der Waals surface area contributed by atoms with Crippen molar-refractivity contribution in [2.45, 2.75) is 30.6 Å². The lowest BCUT2D eigenvalue weighted by atomic mass is 10.1. The number of carbonyl (C=O) groups is 1. The molecule has 1 fully saturated rings. The number of ether oxygens (including phenoxy) is 1. The molecule has 0 radical (unpaired) electrons. The van der Waals surface area contributed by atoms with E-state index in [0.29, 0.717) is 24.5 Å². The zero-order chi connectivity index (χ0) is 20.9. The number of hydrogen-bond donors (Lipinski definition) is 1. The number of carbonyl (C=O) groups excluding carboxylic acids is 1. The number of rotatable bonds is 6. The van der Waals surface area contributed by atoms with Gasteiger partial charge in [-0.1, -0.05) is 12.1 Å². The fourth-order valence-corrected chi connectivity index (χ4v) is 4.37. The molecule has 0 unspecified atom stereocenters. The summed E-state index contributed by atoms with van der Waals surface area (Å²) in [6.45, 7) is 1.32.